The van der Waals surface area contributed by atoms with Crippen molar-refractivity contribution in [3.8, 4) is 0 Å². The molecule has 0 unspecified atom stereocenters. The molecule has 0 aromatic heterocycles. The summed E-state index contributed by atoms with van der Waals surface area (Å²) in [5.74, 6) is 0. The van der Waals surface area contributed by atoms with Gasteiger partial charge in [-0.15, -0.1) is 0 Å². The molecule has 0 spiro atoms. The summed E-state index contributed by atoms with van der Waals surface area (Å²) in [6.45, 7) is 0.588. The molecule has 0 aliphatic carbocycles. The molecule has 1 heterocycles. The van der Waals surface area contributed by atoms with E-state index in [-0.39, 0.29) is 6.61 Å². The number of hydrogen-bond donors (Lipinski definition) is 2. The molecule has 0 amide bonds. The Morgan fingerprint density at radius 2 is 2.00 bits per heavy atom. The lowest BCUT2D eigenvalue weighted by Gasteiger charge is -2.30. The predicted octanol–water partition coefficient (Wildman–Crippen LogP) is 0.671. The van der Waals surface area contributed by atoms with Gasteiger partial charge in [0.1, 0.15) is 6.10 Å². The van der Waals surface area contributed by atoms with Crippen LogP contribution in [0.2, 0.25) is 0 Å². The van der Waals surface area contributed by atoms with Crippen molar-refractivity contribution < 1.29 is 19.7 Å². The maximum absolute atomic E-state index is 9.51. The van der Waals surface area contributed by atoms with Gasteiger partial charge in [-0.25, -0.2) is 0 Å². The normalized spacial score (nSPS) is 30.2. The van der Waals surface area contributed by atoms with Crippen molar-refractivity contribution in [3.63, 3.8) is 0 Å². The quantitative estimate of drug-likeness (QED) is 0.792. The average Bonchev–Trinajstić information content (AvgIpc) is 2.32. The van der Waals surface area contributed by atoms with Crippen LogP contribution in [0.4, 0.5) is 0 Å². The van der Waals surface area contributed by atoms with Crippen LogP contribution in [-0.2, 0) is 16.1 Å². The first-order valence-corrected chi connectivity index (χ1v) is 5.39. The van der Waals surface area contributed by atoms with Crippen LogP contribution in [0.5, 0.6) is 0 Å². The van der Waals surface area contributed by atoms with Gasteiger partial charge in [0.25, 0.3) is 0 Å². The van der Waals surface area contributed by atoms with Crippen LogP contribution in [0.15, 0.2) is 30.3 Å². The van der Waals surface area contributed by atoms with Gasteiger partial charge in [0.2, 0.25) is 0 Å². The van der Waals surface area contributed by atoms with E-state index in [1.807, 2.05) is 30.3 Å². The second-order valence-electron chi connectivity index (χ2n) is 3.95. The van der Waals surface area contributed by atoms with Crippen molar-refractivity contribution in [2.75, 3.05) is 6.61 Å². The number of hydrogen-bond acceptors (Lipinski definition) is 4. The molecule has 0 radical (unpaired) electrons. The molecule has 1 fully saturated rings. The lowest BCUT2D eigenvalue weighted by Crippen LogP contribution is -2.42. The highest BCUT2D eigenvalue weighted by Gasteiger charge is 2.29. The summed E-state index contributed by atoms with van der Waals surface area (Å²) in [5, 5.41) is 18.9. The van der Waals surface area contributed by atoms with Crippen LogP contribution in [0, 0.1) is 0 Å². The van der Waals surface area contributed by atoms with Crippen molar-refractivity contribution in [1.29, 1.82) is 0 Å². The topological polar surface area (TPSA) is 58.9 Å². The lowest BCUT2D eigenvalue weighted by atomic mass is 10.1. The number of ether oxygens (including phenoxy) is 2. The molecule has 1 aromatic rings. The molecule has 1 aromatic carbocycles. The van der Waals surface area contributed by atoms with Gasteiger partial charge < -0.3 is 19.7 Å². The summed E-state index contributed by atoms with van der Waals surface area (Å²) in [4.78, 5) is 0. The second kappa shape index (κ2) is 5.41. The van der Waals surface area contributed by atoms with E-state index < -0.39 is 18.5 Å². The van der Waals surface area contributed by atoms with Gasteiger partial charge in [-0.3, -0.25) is 0 Å². The molecule has 2 rings (SSSR count). The Bertz CT molecular complexity index is 314. The molecular formula is C12H16O4. The molecule has 2 N–H and O–H groups in total. The van der Waals surface area contributed by atoms with Crippen molar-refractivity contribution in [1.82, 2.24) is 0 Å². The largest absolute Gasteiger partial charge is 0.391 e. The molecule has 0 saturated carbocycles. The predicted molar refractivity (Wildman–Crippen MR) is 57.6 cm³/mol. The zero-order chi connectivity index (χ0) is 11.4. The maximum atomic E-state index is 9.51. The van der Waals surface area contributed by atoms with Crippen LogP contribution in [-0.4, -0.2) is 35.3 Å². The van der Waals surface area contributed by atoms with Gasteiger partial charge in [0, 0.05) is 6.42 Å². The van der Waals surface area contributed by atoms with Crippen molar-refractivity contribution in [2.24, 2.45) is 0 Å². The fourth-order valence-corrected chi connectivity index (χ4v) is 1.70. The first kappa shape index (κ1) is 11.5. The van der Waals surface area contributed by atoms with Crippen LogP contribution < -0.4 is 0 Å². The molecule has 1 saturated heterocycles. The highest BCUT2D eigenvalue weighted by atomic mass is 16.6. The molecule has 1 aliphatic rings. The summed E-state index contributed by atoms with van der Waals surface area (Å²) >= 11 is 0. The maximum Gasteiger partial charge on any atom is 0.181 e. The summed E-state index contributed by atoms with van der Waals surface area (Å²) in [5.41, 5.74) is 1.04. The van der Waals surface area contributed by atoms with Gasteiger partial charge >= 0.3 is 0 Å². The minimum Gasteiger partial charge on any atom is -0.391 e. The third-order valence-electron chi connectivity index (χ3n) is 2.59. The van der Waals surface area contributed by atoms with Crippen molar-refractivity contribution >= 4 is 0 Å². The Kier molecular flexibility index (Phi) is 3.90. The van der Waals surface area contributed by atoms with E-state index in [2.05, 4.69) is 0 Å². The zero-order valence-electron chi connectivity index (χ0n) is 8.95. The molecule has 4 heteroatoms. The summed E-state index contributed by atoms with van der Waals surface area (Å²) in [7, 11) is 0. The summed E-state index contributed by atoms with van der Waals surface area (Å²) < 4.78 is 10.5. The minimum absolute atomic E-state index is 0.173. The first-order chi connectivity index (χ1) is 7.75. The molecular weight excluding hydrogens is 208 g/mol. The molecule has 1 aliphatic heterocycles. The van der Waals surface area contributed by atoms with Crippen LogP contribution in [0.1, 0.15) is 12.0 Å². The first-order valence-electron chi connectivity index (χ1n) is 5.39. The minimum atomic E-state index is -0.938. The van der Waals surface area contributed by atoms with Crippen LogP contribution in [0.25, 0.3) is 0 Å². The Morgan fingerprint density at radius 3 is 2.75 bits per heavy atom. The highest BCUT2D eigenvalue weighted by Crippen LogP contribution is 2.17. The Labute approximate surface area is 94.4 Å². The van der Waals surface area contributed by atoms with Crippen molar-refractivity contribution in [2.45, 2.75) is 31.5 Å². The molecule has 16 heavy (non-hydrogen) atoms. The Morgan fingerprint density at radius 1 is 1.25 bits per heavy atom. The molecule has 4 nitrogen and oxygen atoms in total. The number of aliphatic hydroxyl groups excluding tert-OH is 2. The molecule has 3 atom stereocenters. The second-order valence-corrected chi connectivity index (χ2v) is 3.95. The van der Waals surface area contributed by atoms with E-state index in [0.717, 1.165) is 5.56 Å². The SMILES string of the molecule is O[C@H]1CO[C@H](O)[C@H](OCc2ccccc2)C1. The number of rotatable bonds is 3. The van der Waals surface area contributed by atoms with Crippen LogP contribution in [0.3, 0.4) is 0 Å². The fourth-order valence-electron chi connectivity index (χ4n) is 1.70. The van der Waals surface area contributed by atoms with E-state index in [1.54, 1.807) is 0 Å². The standard InChI is InChI=1S/C12H16O4/c13-10-6-11(12(14)16-8-10)15-7-9-4-2-1-3-5-9/h1-5,10-14H,6-8H2/t10-,11-,12+/m1/s1. The van der Waals surface area contributed by atoms with E-state index in [0.29, 0.717) is 13.0 Å². The smallest absolute Gasteiger partial charge is 0.181 e. The fraction of sp³-hybridized carbons (Fsp3) is 0.500. The monoisotopic (exact) mass is 224 g/mol. The number of benzene rings is 1. The number of aliphatic hydroxyl groups is 2. The van der Waals surface area contributed by atoms with Gasteiger partial charge in [-0.05, 0) is 5.56 Å². The van der Waals surface area contributed by atoms with Crippen LogP contribution >= 0.6 is 0 Å². The summed E-state index contributed by atoms with van der Waals surface area (Å²) in [6.07, 6.45) is -1.53. The lowest BCUT2D eigenvalue weighted by molar-refractivity contribution is -0.228. The van der Waals surface area contributed by atoms with Gasteiger partial charge in [0.15, 0.2) is 6.29 Å². The van der Waals surface area contributed by atoms with Gasteiger partial charge in [0.05, 0.1) is 19.3 Å². The van der Waals surface area contributed by atoms with Crippen molar-refractivity contribution in [3.05, 3.63) is 35.9 Å². The van der Waals surface area contributed by atoms with E-state index >= 15 is 0 Å². The Balaban J connectivity index is 1.85. The van der Waals surface area contributed by atoms with Gasteiger partial charge in [-0.1, -0.05) is 30.3 Å². The summed E-state index contributed by atoms with van der Waals surface area (Å²) in [6, 6.07) is 9.70. The van der Waals surface area contributed by atoms with Gasteiger partial charge in [-0.2, -0.15) is 0 Å². The van der Waals surface area contributed by atoms with E-state index in [9.17, 15) is 10.2 Å². The van der Waals surface area contributed by atoms with E-state index in [4.69, 9.17) is 9.47 Å². The third kappa shape index (κ3) is 3.02. The van der Waals surface area contributed by atoms with E-state index in [1.165, 1.54) is 0 Å². The molecule has 0 bridgehead atoms. The Hall–Kier alpha value is -0.940. The average molecular weight is 224 g/mol. The zero-order valence-corrected chi connectivity index (χ0v) is 8.95. The third-order valence-corrected chi connectivity index (χ3v) is 2.59. The highest BCUT2D eigenvalue weighted by molar-refractivity contribution is 5.13. The molecule has 88 valence electrons.